The van der Waals surface area contributed by atoms with Crippen LogP contribution in [-0.4, -0.2) is 11.2 Å². The second-order valence-electron chi connectivity index (χ2n) is 4.78. The zero-order chi connectivity index (χ0) is 14.5. The van der Waals surface area contributed by atoms with Gasteiger partial charge in [-0.2, -0.15) is 0 Å². The molecule has 0 aliphatic heterocycles. The van der Waals surface area contributed by atoms with Crippen LogP contribution >= 0.6 is 11.8 Å². The van der Waals surface area contributed by atoms with Crippen molar-refractivity contribution < 1.29 is 5.11 Å². The number of anilines is 1. The second-order valence-corrected chi connectivity index (χ2v) is 5.96. The number of nitrogen functional groups attached to an aromatic ring is 1. The number of rotatable bonds is 5. The summed E-state index contributed by atoms with van der Waals surface area (Å²) in [5.74, 6) is 0. The summed E-state index contributed by atoms with van der Waals surface area (Å²) in [6.45, 7) is 5.71. The summed E-state index contributed by atoms with van der Waals surface area (Å²) in [7, 11) is 0. The molecule has 104 valence electrons. The lowest BCUT2D eigenvalue weighted by Crippen LogP contribution is -2.17. The number of para-hydroxylation sites is 1. The van der Waals surface area contributed by atoms with Crippen molar-refractivity contribution in [2.24, 2.45) is 0 Å². The normalized spacial score (nSPS) is 13.7. The summed E-state index contributed by atoms with van der Waals surface area (Å²) in [5, 5.41) is 10.3. The van der Waals surface area contributed by atoms with Gasteiger partial charge in [-0.1, -0.05) is 54.6 Å². The molecule has 2 nitrogen and oxygen atoms in total. The smallest absolute Gasteiger partial charge is 0.0907 e. The highest BCUT2D eigenvalue weighted by atomic mass is 32.2. The number of benzene rings is 2. The van der Waals surface area contributed by atoms with E-state index in [-0.39, 0.29) is 5.25 Å². The van der Waals surface area contributed by atoms with E-state index in [0.29, 0.717) is 0 Å². The molecule has 2 rings (SSSR count). The number of aliphatic hydroxyl groups is 1. The molecule has 0 radical (unpaired) electrons. The highest BCUT2D eigenvalue weighted by Gasteiger charge is 2.23. The van der Waals surface area contributed by atoms with Gasteiger partial charge >= 0.3 is 0 Å². The van der Waals surface area contributed by atoms with Gasteiger partial charge in [0.15, 0.2) is 0 Å². The summed E-state index contributed by atoms with van der Waals surface area (Å²) in [6, 6.07) is 17.7. The molecule has 3 heteroatoms. The third-order valence-corrected chi connectivity index (χ3v) is 4.50. The van der Waals surface area contributed by atoms with Crippen LogP contribution in [0.5, 0.6) is 0 Å². The molecule has 2 aromatic carbocycles. The summed E-state index contributed by atoms with van der Waals surface area (Å²) in [5.41, 5.74) is 8.54. The van der Waals surface area contributed by atoms with E-state index in [1.54, 1.807) is 11.8 Å². The SMILES string of the molecule is C=C(C)C(O)C(Sc1ccccc1N)c1ccccc1. The molecule has 0 heterocycles. The van der Waals surface area contributed by atoms with Gasteiger partial charge in [0.25, 0.3) is 0 Å². The van der Waals surface area contributed by atoms with E-state index in [0.717, 1.165) is 21.7 Å². The van der Waals surface area contributed by atoms with Gasteiger partial charge in [-0.05, 0) is 24.6 Å². The Bertz CT molecular complexity index is 583. The van der Waals surface area contributed by atoms with Crippen molar-refractivity contribution in [3.8, 4) is 0 Å². The third-order valence-electron chi connectivity index (χ3n) is 3.09. The molecule has 2 aromatic rings. The Hall–Kier alpha value is -1.71. The Morgan fingerprint density at radius 3 is 2.30 bits per heavy atom. The summed E-state index contributed by atoms with van der Waals surface area (Å²) in [6.07, 6.45) is -0.609. The van der Waals surface area contributed by atoms with E-state index < -0.39 is 6.10 Å². The molecule has 0 aromatic heterocycles. The number of thioether (sulfide) groups is 1. The number of hydrogen-bond acceptors (Lipinski definition) is 3. The van der Waals surface area contributed by atoms with Crippen LogP contribution in [0.3, 0.4) is 0 Å². The molecular formula is C17H19NOS. The zero-order valence-electron chi connectivity index (χ0n) is 11.5. The second kappa shape index (κ2) is 6.64. The van der Waals surface area contributed by atoms with Crippen LogP contribution in [0.2, 0.25) is 0 Å². The van der Waals surface area contributed by atoms with Gasteiger partial charge in [0.05, 0.1) is 11.4 Å². The number of aliphatic hydroxyl groups excluding tert-OH is 1. The standard InChI is InChI=1S/C17H19NOS/c1-12(2)16(19)17(13-8-4-3-5-9-13)20-15-11-7-6-10-14(15)18/h3-11,16-17,19H,1,18H2,2H3. The van der Waals surface area contributed by atoms with Crippen molar-refractivity contribution in [2.75, 3.05) is 5.73 Å². The Kier molecular flexibility index (Phi) is 4.88. The van der Waals surface area contributed by atoms with Crippen LogP contribution in [0.15, 0.2) is 71.6 Å². The quantitative estimate of drug-likeness (QED) is 0.495. The van der Waals surface area contributed by atoms with Gasteiger partial charge in [0.1, 0.15) is 0 Å². The summed E-state index contributed by atoms with van der Waals surface area (Å²) >= 11 is 1.57. The molecule has 0 aliphatic carbocycles. The first-order valence-electron chi connectivity index (χ1n) is 6.49. The molecule has 0 saturated carbocycles. The van der Waals surface area contributed by atoms with E-state index in [9.17, 15) is 5.11 Å². The topological polar surface area (TPSA) is 46.2 Å². The predicted octanol–water partition coefficient (Wildman–Crippen LogP) is 4.04. The average Bonchev–Trinajstić information content (AvgIpc) is 2.46. The fourth-order valence-electron chi connectivity index (χ4n) is 1.94. The summed E-state index contributed by atoms with van der Waals surface area (Å²) < 4.78 is 0. The highest BCUT2D eigenvalue weighted by molar-refractivity contribution is 7.99. The molecule has 0 spiro atoms. The van der Waals surface area contributed by atoms with E-state index >= 15 is 0 Å². The Morgan fingerprint density at radius 2 is 1.70 bits per heavy atom. The van der Waals surface area contributed by atoms with Gasteiger partial charge < -0.3 is 10.8 Å². The molecule has 0 amide bonds. The monoisotopic (exact) mass is 285 g/mol. The van der Waals surface area contributed by atoms with Crippen LogP contribution in [0.25, 0.3) is 0 Å². The molecule has 0 fully saturated rings. The van der Waals surface area contributed by atoms with Crippen LogP contribution in [0.4, 0.5) is 5.69 Å². The lowest BCUT2D eigenvalue weighted by molar-refractivity contribution is 0.208. The van der Waals surface area contributed by atoms with Crippen molar-refractivity contribution in [2.45, 2.75) is 23.2 Å². The molecule has 2 atom stereocenters. The number of nitrogens with two attached hydrogens (primary N) is 1. The van der Waals surface area contributed by atoms with Crippen molar-refractivity contribution >= 4 is 17.4 Å². The Morgan fingerprint density at radius 1 is 1.10 bits per heavy atom. The minimum atomic E-state index is -0.609. The average molecular weight is 285 g/mol. The van der Waals surface area contributed by atoms with Crippen LogP contribution in [-0.2, 0) is 0 Å². The maximum atomic E-state index is 10.4. The predicted molar refractivity (Wildman–Crippen MR) is 86.7 cm³/mol. The van der Waals surface area contributed by atoms with E-state index in [1.807, 2.05) is 61.5 Å². The number of hydrogen-bond donors (Lipinski definition) is 2. The maximum Gasteiger partial charge on any atom is 0.0907 e. The Balaban J connectivity index is 2.33. The van der Waals surface area contributed by atoms with Crippen molar-refractivity contribution in [3.05, 3.63) is 72.3 Å². The van der Waals surface area contributed by atoms with Crippen LogP contribution in [0.1, 0.15) is 17.7 Å². The molecule has 2 unspecified atom stereocenters. The molecular weight excluding hydrogens is 266 g/mol. The largest absolute Gasteiger partial charge is 0.398 e. The third kappa shape index (κ3) is 3.44. The minimum Gasteiger partial charge on any atom is -0.398 e. The fraction of sp³-hybridized carbons (Fsp3) is 0.176. The van der Waals surface area contributed by atoms with Crippen molar-refractivity contribution in [3.63, 3.8) is 0 Å². The molecule has 3 N–H and O–H groups in total. The lowest BCUT2D eigenvalue weighted by atomic mass is 10.0. The van der Waals surface area contributed by atoms with Crippen molar-refractivity contribution in [1.29, 1.82) is 0 Å². The zero-order valence-corrected chi connectivity index (χ0v) is 12.3. The van der Waals surface area contributed by atoms with Gasteiger partial charge in [-0.3, -0.25) is 0 Å². The van der Waals surface area contributed by atoms with Gasteiger partial charge in [-0.15, -0.1) is 11.8 Å². The first-order chi connectivity index (χ1) is 9.59. The van der Waals surface area contributed by atoms with Crippen LogP contribution in [0, 0.1) is 0 Å². The maximum absolute atomic E-state index is 10.4. The molecule has 20 heavy (non-hydrogen) atoms. The lowest BCUT2D eigenvalue weighted by Gasteiger charge is -2.24. The van der Waals surface area contributed by atoms with Crippen molar-refractivity contribution in [1.82, 2.24) is 0 Å². The van der Waals surface area contributed by atoms with Gasteiger partial charge in [0.2, 0.25) is 0 Å². The van der Waals surface area contributed by atoms with E-state index in [2.05, 4.69) is 6.58 Å². The molecule has 0 saturated heterocycles. The molecule has 0 aliphatic rings. The Labute approximate surface area is 124 Å². The van der Waals surface area contributed by atoms with Gasteiger partial charge in [-0.25, -0.2) is 0 Å². The minimum absolute atomic E-state index is 0.113. The van der Waals surface area contributed by atoms with E-state index in [4.69, 9.17) is 5.73 Å². The van der Waals surface area contributed by atoms with E-state index in [1.165, 1.54) is 0 Å². The fourth-order valence-corrected chi connectivity index (χ4v) is 3.23. The first kappa shape index (κ1) is 14.7. The van der Waals surface area contributed by atoms with Crippen LogP contribution < -0.4 is 5.73 Å². The molecule has 0 bridgehead atoms. The van der Waals surface area contributed by atoms with Gasteiger partial charge in [0, 0.05) is 10.6 Å². The summed E-state index contributed by atoms with van der Waals surface area (Å²) in [4.78, 5) is 0.974. The highest BCUT2D eigenvalue weighted by Crippen LogP contribution is 2.41. The first-order valence-corrected chi connectivity index (χ1v) is 7.37.